The van der Waals surface area contributed by atoms with E-state index in [2.05, 4.69) is 0 Å². The molecule has 2 rings (SSSR count). The van der Waals surface area contributed by atoms with Crippen molar-refractivity contribution in [2.24, 2.45) is 0 Å². The molecule has 6 heteroatoms. The third-order valence-electron chi connectivity index (χ3n) is 2.93. The van der Waals surface area contributed by atoms with Crippen LogP contribution in [0.2, 0.25) is 10.0 Å². The minimum absolute atomic E-state index is 0.135. The van der Waals surface area contributed by atoms with Crippen molar-refractivity contribution < 1.29 is 14.6 Å². The zero-order valence-corrected chi connectivity index (χ0v) is 11.1. The summed E-state index contributed by atoms with van der Waals surface area (Å²) in [5.41, 5.74) is 0.927. The van der Waals surface area contributed by atoms with Crippen LogP contribution < -0.4 is 0 Å². The van der Waals surface area contributed by atoms with Gasteiger partial charge in [0.15, 0.2) is 0 Å². The minimum atomic E-state index is -0.909. The molecule has 0 saturated carbocycles. The molecule has 18 heavy (non-hydrogen) atoms. The van der Waals surface area contributed by atoms with Gasteiger partial charge in [0.1, 0.15) is 0 Å². The van der Waals surface area contributed by atoms with Gasteiger partial charge in [-0.15, -0.1) is 0 Å². The second-order valence-corrected chi connectivity index (χ2v) is 4.91. The zero-order valence-electron chi connectivity index (χ0n) is 9.60. The summed E-state index contributed by atoms with van der Waals surface area (Å²) in [5.74, 6) is 0. The van der Waals surface area contributed by atoms with Crippen molar-refractivity contribution in [3.63, 3.8) is 0 Å². The van der Waals surface area contributed by atoms with E-state index in [0.29, 0.717) is 36.2 Å². The smallest absolute Gasteiger partial charge is 0.407 e. The van der Waals surface area contributed by atoms with Gasteiger partial charge >= 0.3 is 6.09 Å². The molecule has 1 heterocycles. The van der Waals surface area contributed by atoms with Crippen LogP contribution in [0.15, 0.2) is 18.2 Å². The predicted molar refractivity (Wildman–Crippen MR) is 69.4 cm³/mol. The first-order valence-corrected chi connectivity index (χ1v) is 6.38. The number of hydrogen-bond donors (Lipinski definition) is 1. The molecule has 1 unspecified atom stereocenters. The molecule has 1 amide bonds. The Labute approximate surface area is 115 Å². The van der Waals surface area contributed by atoms with Crippen molar-refractivity contribution in [3.8, 4) is 0 Å². The van der Waals surface area contributed by atoms with Crippen molar-refractivity contribution in [1.29, 1.82) is 0 Å². The van der Waals surface area contributed by atoms with Crippen LogP contribution in [0.4, 0.5) is 4.79 Å². The Bertz CT molecular complexity index is 453. The summed E-state index contributed by atoms with van der Waals surface area (Å²) in [6.07, 6.45) is -0.429. The number of carboxylic acid groups (broad SMARTS) is 1. The highest BCUT2D eigenvalue weighted by atomic mass is 35.5. The lowest BCUT2D eigenvalue weighted by atomic mass is 10.1. The van der Waals surface area contributed by atoms with Crippen LogP contribution >= 0.6 is 23.2 Å². The molecule has 1 saturated heterocycles. The Kier molecular flexibility index (Phi) is 4.32. The summed E-state index contributed by atoms with van der Waals surface area (Å²) in [6.45, 7) is 1.24. The van der Waals surface area contributed by atoms with Crippen molar-refractivity contribution in [2.75, 3.05) is 19.7 Å². The van der Waals surface area contributed by atoms with Gasteiger partial charge in [0.05, 0.1) is 22.8 Å². The summed E-state index contributed by atoms with van der Waals surface area (Å²) in [4.78, 5) is 12.2. The number of ether oxygens (including phenoxy) is 1. The van der Waals surface area contributed by atoms with Crippen LogP contribution in [0.5, 0.6) is 0 Å². The average Bonchev–Trinajstić information content (AvgIpc) is 2.58. The first-order chi connectivity index (χ1) is 8.58. The molecule has 1 N–H and O–H groups in total. The maximum absolute atomic E-state index is 10.9. The maximum atomic E-state index is 10.9. The fourth-order valence-corrected chi connectivity index (χ4v) is 2.25. The monoisotopic (exact) mass is 289 g/mol. The number of rotatable bonds is 1. The minimum Gasteiger partial charge on any atom is -0.465 e. The standard InChI is InChI=1S/C12H13Cl2NO3/c13-9-2-1-8(7-10(9)14)11-3-4-15(12(16)17)5-6-18-11/h1-2,7,11H,3-6H2,(H,16,17). The van der Waals surface area contributed by atoms with Gasteiger partial charge in [-0.3, -0.25) is 0 Å². The predicted octanol–water partition coefficient (Wildman–Crippen LogP) is 3.43. The van der Waals surface area contributed by atoms with E-state index in [4.69, 9.17) is 33.0 Å². The first kappa shape index (κ1) is 13.5. The molecule has 4 nitrogen and oxygen atoms in total. The highest BCUT2D eigenvalue weighted by molar-refractivity contribution is 6.42. The summed E-state index contributed by atoms with van der Waals surface area (Å²) >= 11 is 11.8. The fraction of sp³-hybridized carbons (Fsp3) is 0.417. The Hall–Kier alpha value is -0.970. The third-order valence-corrected chi connectivity index (χ3v) is 3.67. The lowest BCUT2D eigenvalue weighted by molar-refractivity contribution is 0.0615. The average molecular weight is 290 g/mol. The van der Waals surface area contributed by atoms with E-state index in [0.717, 1.165) is 5.56 Å². The topological polar surface area (TPSA) is 49.8 Å². The van der Waals surface area contributed by atoms with Crippen molar-refractivity contribution in [2.45, 2.75) is 12.5 Å². The number of amides is 1. The van der Waals surface area contributed by atoms with E-state index in [1.54, 1.807) is 12.1 Å². The van der Waals surface area contributed by atoms with Crippen LogP contribution in [0, 0.1) is 0 Å². The van der Waals surface area contributed by atoms with Gasteiger partial charge in [0, 0.05) is 13.1 Å². The molecule has 0 radical (unpaired) electrons. The van der Waals surface area contributed by atoms with E-state index in [9.17, 15) is 4.79 Å². The van der Waals surface area contributed by atoms with Crippen molar-refractivity contribution in [3.05, 3.63) is 33.8 Å². The third kappa shape index (κ3) is 3.07. The molecule has 1 aliphatic rings. The summed E-state index contributed by atoms with van der Waals surface area (Å²) in [7, 11) is 0. The number of benzene rings is 1. The van der Waals surface area contributed by atoms with Crippen molar-refractivity contribution in [1.82, 2.24) is 4.90 Å². The lowest BCUT2D eigenvalue weighted by Gasteiger charge is -2.16. The van der Waals surface area contributed by atoms with E-state index in [-0.39, 0.29) is 6.10 Å². The molecule has 0 spiro atoms. The number of carbonyl (C=O) groups is 1. The van der Waals surface area contributed by atoms with Gasteiger partial charge in [0.25, 0.3) is 0 Å². The van der Waals surface area contributed by atoms with Crippen LogP contribution in [0.3, 0.4) is 0 Å². The van der Waals surface area contributed by atoms with Crippen LogP contribution in [0.25, 0.3) is 0 Å². The largest absolute Gasteiger partial charge is 0.465 e. The fourth-order valence-electron chi connectivity index (χ4n) is 1.94. The normalized spacial score (nSPS) is 20.6. The Morgan fingerprint density at radius 1 is 1.33 bits per heavy atom. The molecule has 98 valence electrons. The van der Waals surface area contributed by atoms with Gasteiger partial charge in [-0.2, -0.15) is 0 Å². The van der Waals surface area contributed by atoms with E-state index >= 15 is 0 Å². The summed E-state index contributed by atoms with van der Waals surface area (Å²) < 4.78 is 5.66. The SMILES string of the molecule is O=C(O)N1CCOC(c2ccc(Cl)c(Cl)c2)CC1. The Morgan fingerprint density at radius 2 is 2.11 bits per heavy atom. The highest BCUT2D eigenvalue weighted by Gasteiger charge is 2.21. The van der Waals surface area contributed by atoms with Crippen molar-refractivity contribution >= 4 is 29.3 Å². The van der Waals surface area contributed by atoms with E-state index in [1.165, 1.54) is 4.90 Å². The Morgan fingerprint density at radius 3 is 2.78 bits per heavy atom. The Balaban J connectivity index is 2.09. The molecule has 0 aromatic heterocycles. The molecular formula is C12H13Cl2NO3. The molecule has 1 aliphatic heterocycles. The molecule has 1 atom stereocenters. The molecule has 0 bridgehead atoms. The van der Waals surface area contributed by atoms with Crippen LogP contribution in [-0.2, 0) is 4.74 Å². The van der Waals surface area contributed by atoms with Gasteiger partial charge in [-0.05, 0) is 24.1 Å². The molecule has 1 aromatic rings. The summed E-state index contributed by atoms with van der Waals surface area (Å²) in [6, 6.07) is 5.35. The first-order valence-electron chi connectivity index (χ1n) is 5.62. The molecule has 1 aromatic carbocycles. The molecule has 1 fully saturated rings. The molecular weight excluding hydrogens is 277 g/mol. The highest BCUT2D eigenvalue weighted by Crippen LogP contribution is 2.29. The maximum Gasteiger partial charge on any atom is 0.407 e. The quantitative estimate of drug-likeness (QED) is 0.862. The van der Waals surface area contributed by atoms with Crippen LogP contribution in [-0.4, -0.2) is 35.8 Å². The molecule has 0 aliphatic carbocycles. The van der Waals surface area contributed by atoms with E-state index in [1.807, 2.05) is 6.07 Å². The second kappa shape index (κ2) is 5.78. The second-order valence-electron chi connectivity index (χ2n) is 4.09. The van der Waals surface area contributed by atoms with Gasteiger partial charge in [-0.25, -0.2) is 4.79 Å². The lowest BCUT2D eigenvalue weighted by Crippen LogP contribution is -2.31. The number of nitrogens with zero attached hydrogens (tertiary/aromatic N) is 1. The zero-order chi connectivity index (χ0) is 13.1. The van der Waals surface area contributed by atoms with Gasteiger partial charge < -0.3 is 14.7 Å². The number of halogens is 2. The van der Waals surface area contributed by atoms with Crippen LogP contribution in [0.1, 0.15) is 18.1 Å². The van der Waals surface area contributed by atoms with Gasteiger partial charge in [0.2, 0.25) is 0 Å². The summed E-state index contributed by atoms with van der Waals surface area (Å²) in [5, 5.41) is 9.92. The van der Waals surface area contributed by atoms with E-state index < -0.39 is 6.09 Å². The number of hydrogen-bond acceptors (Lipinski definition) is 2. The van der Waals surface area contributed by atoms with Gasteiger partial charge in [-0.1, -0.05) is 29.3 Å².